The maximum absolute atomic E-state index is 12.1. The van der Waals surface area contributed by atoms with Crippen LogP contribution >= 0.6 is 0 Å². The Bertz CT molecular complexity index is 715. The van der Waals surface area contributed by atoms with Crippen molar-refractivity contribution in [3.8, 4) is 0 Å². The normalized spacial score (nSPS) is 15.4. The van der Waals surface area contributed by atoms with Crippen molar-refractivity contribution in [2.24, 2.45) is 5.92 Å². The van der Waals surface area contributed by atoms with E-state index in [1.807, 2.05) is 0 Å². The number of amides is 2. The van der Waals surface area contributed by atoms with Gasteiger partial charge in [-0.3, -0.25) is 24.5 Å². The number of esters is 1. The Labute approximate surface area is 156 Å². The summed E-state index contributed by atoms with van der Waals surface area (Å²) in [5, 5.41) is 15.9. The summed E-state index contributed by atoms with van der Waals surface area (Å²) in [5.74, 6) is -1.70. The fourth-order valence-corrected chi connectivity index (χ4v) is 2.93. The molecular weight excluding hydrogens is 354 g/mol. The van der Waals surface area contributed by atoms with Gasteiger partial charge in [-0.1, -0.05) is 31.4 Å². The van der Waals surface area contributed by atoms with Gasteiger partial charge in [0.2, 0.25) is 5.91 Å². The lowest BCUT2D eigenvalue weighted by Gasteiger charge is -2.20. The summed E-state index contributed by atoms with van der Waals surface area (Å²) in [6.07, 6.45) is 3.60. The Morgan fingerprint density at radius 3 is 2.56 bits per heavy atom. The van der Waals surface area contributed by atoms with Gasteiger partial charge in [-0.05, 0) is 25.8 Å². The van der Waals surface area contributed by atoms with Crippen molar-refractivity contribution in [3.05, 3.63) is 34.4 Å². The summed E-state index contributed by atoms with van der Waals surface area (Å²) in [6.45, 7) is 1.03. The predicted molar refractivity (Wildman–Crippen MR) is 96.9 cm³/mol. The molecule has 1 aromatic rings. The van der Waals surface area contributed by atoms with Crippen LogP contribution in [0.25, 0.3) is 0 Å². The van der Waals surface area contributed by atoms with E-state index in [4.69, 9.17) is 4.74 Å². The van der Waals surface area contributed by atoms with Crippen LogP contribution < -0.4 is 10.6 Å². The molecule has 0 bridgehead atoms. The number of nitrogens with one attached hydrogen (secondary N) is 2. The van der Waals surface area contributed by atoms with Crippen LogP contribution in [0.15, 0.2) is 24.3 Å². The highest BCUT2D eigenvalue weighted by molar-refractivity contribution is 5.97. The summed E-state index contributed by atoms with van der Waals surface area (Å²) < 4.78 is 4.99. The second-order valence-corrected chi connectivity index (χ2v) is 6.45. The molecule has 9 heteroatoms. The first-order valence-corrected chi connectivity index (χ1v) is 8.90. The van der Waals surface area contributed by atoms with Crippen LogP contribution in [0.5, 0.6) is 0 Å². The van der Waals surface area contributed by atoms with Crippen LogP contribution in [0.3, 0.4) is 0 Å². The Morgan fingerprint density at radius 2 is 1.89 bits per heavy atom. The number of carbonyl (C=O) groups excluding carboxylic acids is 3. The van der Waals surface area contributed by atoms with Crippen LogP contribution in [0.1, 0.15) is 39.0 Å². The molecule has 2 amide bonds. The molecule has 0 radical (unpaired) electrons. The van der Waals surface area contributed by atoms with Crippen LogP contribution in [0.4, 0.5) is 11.4 Å². The summed E-state index contributed by atoms with van der Waals surface area (Å²) in [7, 11) is 0. The molecule has 1 aromatic carbocycles. The molecule has 1 aliphatic rings. The molecule has 0 aromatic heterocycles. The van der Waals surface area contributed by atoms with Crippen molar-refractivity contribution >= 4 is 29.2 Å². The minimum atomic E-state index is -1.16. The molecule has 1 saturated carbocycles. The third-order valence-corrected chi connectivity index (χ3v) is 4.42. The number of hydrogen-bond acceptors (Lipinski definition) is 6. The molecule has 27 heavy (non-hydrogen) atoms. The van der Waals surface area contributed by atoms with Crippen molar-refractivity contribution < 1.29 is 24.0 Å². The van der Waals surface area contributed by atoms with E-state index < -0.39 is 22.9 Å². The van der Waals surface area contributed by atoms with E-state index in [0.29, 0.717) is 0 Å². The van der Waals surface area contributed by atoms with Gasteiger partial charge in [0, 0.05) is 12.0 Å². The predicted octanol–water partition coefficient (Wildman–Crippen LogP) is 2.16. The van der Waals surface area contributed by atoms with E-state index in [1.54, 1.807) is 6.07 Å². The largest absolute Gasteiger partial charge is 0.451 e. The molecular formula is C18H23N3O6. The molecule has 0 spiro atoms. The van der Waals surface area contributed by atoms with Gasteiger partial charge in [-0.15, -0.1) is 0 Å². The summed E-state index contributed by atoms with van der Waals surface area (Å²) in [6, 6.07) is 5.66. The number of rotatable bonds is 7. The minimum Gasteiger partial charge on any atom is -0.451 e. The molecule has 0 heterocycles. The first kappa shape index (κ1) is 20.3. The number of benzene rings is 1. The third kappa shape index (κ3) is 6.05. The van der Waals surface area contributed by atoms with E-state index in [1.165, 1.54) is 25.1 Å². The van der Waals surface area contributed by atoms with Gasteiger partial charge in [0.1, 0.15) is 12.2 Å². The molecule has 1 fully saturated rings. The lowest BCUT2D eigenvalue weighted by atomic mass is 9.89. The first-order chi connectivity index (χ1) is 12.9. The van der Waals surface area contributed by atoms with Gasteiger partial charge in [-0.2, -0.15) is 0 Å². The van der Waals surface area contributed by atoms with Crippen LogP contribution in [-0.4, -0.2) is 35.4 Å². The van der Waals surface area contributed by atoms with Crippen molar-refractivity contribution in [3.63, 3.8) is 0 Å². The Hall–Kier alpha value is -2.97. The van der Waals surface area contributed by atoms with E-state index in [2.05, 4.69) is 10.6 Å². The minimum absolute atomic E-state index is 0.0148. The average molecular weight is 377 g/mol. The molecule has 0 saturated heterocycles. The number of nitrogens with zero attached hydrogens (tertiary/aromatic N) is 1. The zero-order valence-electron chi connectivity index (χ0n) is 15.1. The molecule has 146 valence electrons. The lowest BCUT2D eigenvalue weighted by molar-refractivity contribution is -0.383. The number of hydrogen-bond donors (Lipinski definition) is 2. The third-order valence-electron chi connectivity index (χ3n) is 4.42. The van der Waals surface area contributed by atoms with Crippen LogP contribution in [0.2, 0.25) is 0 Å². The highest BCUT2D eigenvalue weighted by Crippen LogP contribution is 2.24. The highest BCUT2D eigenvalue weighted by atomic mass is 16.6. The molecule has 9 nitrogen and oxygen atoms in total. The molecule has 0 aliphatic heterocycles. The molecule has 2 N–H and O–H groups in total. The van der Waals surface area contributed by atoms with E-state index in [-0.39, 0.29) is 29.7 Å². The Balaban J connectivity index is 1.80. The molecule has 1 atom stereocenters. The zero-order chi connectivity index (χ0) is 19.8. The van der Waals surface area contributed by atoms with Crippen molar-refractivity contribution in [2.75, 3.05) is 11.9 Å². The maximum atomic E-state index is 12.1. The first-order valence-electron chi connectivity index (χ1n) is 8.90. The molecule has 1 unspecified atom stereocenters. The van der Waals surface area contributed by atoms with Crippen LogP contribution in [-0.2, 0) is 19.1 Å². The van der Waals surface area contributed by atoms with E-state index in [0.717, 1.165) is 32.1 Å². The lowest BCUT2D eigenvalue weighted by Crippen LogP contribution is -2.38. The summed E-state index contributed by atoms with van der Waals surface area (Å²) >= 11 is 0. The van der Waals surface area contributed by atoms with Gasteiger partial charge in [0.25, 0.3) is 11.6 Å². The van der Waals surface area contributed by atoms with E-state index >= 15 is 0 Å². The van der Waals surface area contributed by atoms with Gasteiger partial charge in [-0.25, -0.2) is 0 Å². The number of carbonyl (C=O) groups is 3. The molecule has 1 aliphatic carbocycles. The van der Waals surface area contributed by atoms with Crippen molar-refractivity contribution in [1.29, 1.82) is 0 Å². The van der Waals surface area contributed by atoms with Gasteiger partial charge >= 0.3 is 5.97 Å². The Kier molecular flexibility index (Phi) is 7.27. The second-order valence-electron chi connectivity index (χ2n) is 6.45. The van der Waals surface area contributed by atoms with Gasteiger partial charge in [0.15, 0.2) is 6.10 Å². The standard InChI is InChI=1S/C18H23N3O6/c1-12(17(23)20-14-9-5-6-10-15(14)21(25)26)27-16(22)11-19-18(24)13-7-3-2-4-8-13/h5-6,9-10,12-13H,2-4,7-8,11H2,1H3,(H,19,24)(H,20,23). The fourth-order valence-electron chi connectivity index (χ4n) is 2.93. The topological polar surface area (TPSA) is 128 Å². The fraction of sp³-hybridized carbons (Fsp3) is 0.500. The monoisotopic (exact) mass is 377 g/mol. The summed E-state index contributed by atoms with van der Waals surface area (Å²) in [4.78, 5) is 46.3. The zero-order valence-corrected chi connectivity index (χ0v) is 15.1. The number of para-hydroxylation sites is 2. The summed E-state index contributed by atoms with van der Waals surface area (Å²) in [5.41, 5.74) is -0.245. The average Bonchev–Trinajstić information content (AvgIpc) is 2.67. The van der Waals surface area contributed by atoms with Crippen molar-refractivity contribution in [1.82, 2.24) is 5.32 Å². The second kappa shape index (κ2) is 9.65. The van der Waals surface area contributed by atoms with Crippen molar-refractivity contribution in [2.45, 2.75) is 45.1 Å². The van der Waals surface area contributed by atoms with E-state index in [9.17, 15) is 24.5 Å². The highest BCUT2D eigenvalue weighted by Gasteiger charge is 2.24. The Morgan fingerprint density at radius 1 is 1.22 bits per heavy atom. The molecule has 2 rings (SSSR count). The number of nitro benzene ring substituents is 1. The number of nitro groups is 1. The maximum Gasteiger partial charge on any atom is 0.326 e. The SMILES string of the molecule is CC(OC(=O)CNC(=O)C1CCCCC1)C(=O)Nc1ccccc1[N+](=O)[O-]. The van der Waals surface area contributed by atoms with Crippen LogP contribution in [0, 0.1) is 16.0 Å². The number of ether oxygens (including phenoxy) is 1. The smallest absolute Gasteiger partial charge is 0.326 e. The van der Waals surface area contributed by atoms with Gasteiger partial charge < -0.3 is 15.4 Å². The number of anilines is 1. The quantitative estimate of drug-likeness (QED) is 0.426. The van der Waals surface area contributed by atoms with Gasteiger partial charge in [0.05, 0.1) is 4.92 Å².